The SMILES string of the molecule is CCC(C)c1cc2c(cc1F)C(=O)N(C)C2. The van der Waals surface area contributed by atoms with Gasteiger partial charge in [-0.1, -0.05) is 19.9 Å². The van der Waals surface area contributed by atoms with Crippen molar-refractivity contribution in [3.05, 3.63) is 34.6 Å². The van der Waals surface area contributed by atoms with Crippen LogP contribution in [0, 0.1) is 5.82 Å². The Hall–Kier alpha value is -1.38. The molecule has 3 heteroatoms. The zero-order valence-electron chi connectivity index (χ0n) is 9.88. The van der Waals surface area contributed by atoms with Crippen LogP contribution in [0.15, 0.2) is 12.1 Å². The molecule has 2 rings (SSSR count). The van der Waals surface area contributed by atoms with Gasteiger partial charge in [0.25, 0.3) is 5.91 Å². The molecular formula is C13H16FNO. The van der Waals surface area contributed by atoms with E-state index in [2.05, 4.69) is 0 Å². The molecule has 0 saturated heterocycles. The molecule has 1 atom stereocenters. The maximum absolute atomic E-state index is 13.8. The van der Waals surface area contributed by atoms with Crippen LogP contribution in [-0.2, 0) is 6.54 Å². The molecular weight excluding hydrogens is 205 g/mol. The summed E-state index contributed by atoms with van der Waals surface area (Å²) < 4.78 is 13.8. The van der Waals surface area contributed by atoms with E-state index in [0.717, 1.165) is 17.5 Å². The third kappa shape index (κ3) is 1.60. The summed E-state index contributed by atoms with van der Waals surface area (Å²) in [5.41, 5.74) is 2.20. The molecule has 1 aliphatic heterocycles. The molecule has 0 aromatic heterocycles. The van der Waals surface area contributed by atoms with E-state index in [9.17, 15) is 9.18 Å². The molecule has 0 spiro atoms. The van der Waals surface area contributed by atoms with Gasteiger partial charge in [-0.15, -0.1) is 0 Å². The van der Waals surface area contributed by atoms with Crippen LogP contribution in [0.4, 0.5) is 4.39 Å². The molecule has 0 N–H and O–H groups in total. The fourth-order valence-electron chi connectivity index (χ4n) is 2.10. The van der Waals surface area contributed by atoms with Crippen molar-refractivity contribution in [2.75, 3.05) is 7.05 Å². The molecule has 1 unspecified atom stereocenters. The smallest absolute Gasteiger partial charge is 0.254 e. The summed E-state index contributed by atoms with van der Waals surface area (Å²) in [5.74, 6) is -0.132. The largest absolute Gasteiger partial charge is 0.337 e. The lowest BCUT2D eigenvalue weighted by molar-refractivity contribution is 0.0816. The third-order valence-electron chi connectivity index (χ3n) is 3.35. The number of rotatable bonds is 2. The average molecular weight is 221 g/mol. The molecule has 1 aromatic rings. The first-order valence-electron chi connectivity index (χ1n) is 5.62. The number of amides is 1. The van der Waals surface area contributed by atoms with Gasteiger partial charge in [-0.2, -0.15) is 0 Å². The van der Waals surface area contributed by atoms with E-state index in [1.165, 1.54) is 6.07 Å². The number of benzene rings is 1. The zero-order valence-corrected chi connectivity index (χ0v) is 9.88. The molecule has 1 heterocycles. The zero-order chi connectivity index (χ0) is 11.9. The van der Waals surface area contributed by atoms with E-state index in [1.54, 1.807) is 11.9 Å². The number of hydrogen-bond acceptors (Lipinski definition) is 1. The van der Waals surface area contributed by atoms with Crippen molar-refractivity contribution >= 4 is 5.91 Å². The van der Waals surface area contributed by atoms with E-state index in [0.29, 0.717) is 12.1 Å². The normalized spacial score (nSPS) is 16.5. The minimum absolute atomic E-state index is 0.0791. The Balaban J connectivity index is 2.48. The molecule has 0 saturated carbocycles. The van der Waals surface area contributed by atoms with Crippen LogP contribution < -0.4 is 0 Å². The second-order valence-corrected chi connectivity index (χ2v) is 4.50. The van der Waals surface area contributed by atoms with Gasteiger partial charge in [-0.3, -0.25) is 4.79 Å². The molecule has 0 radical (unpaired) electrons. The van der Waals surface area contributed by atoms with Gasteiger partial charge in [0.15, 0.2) is 0 Å². The predicted molar refractivity (Wildman–Crippen MR) is 60.9 cm³/mol. The topological polar surface area (TPSA) is 20.3 Å². The molecule has 0 fully saturated rings. The number of carbonyl (C=O) groups is 1. The van der Waals surface area contributed by atoms with E-state index in [4.69, 9.17) is 0 Å². The molecule has 1 amide bonds. The lowest BCUT2D eigenvalue weighted by Gasteiger charge is -2.11. The van der Waals surface area contributed by atoms with Gasteiger partial charge in [0.1, 0.15) is 5.82 Å². The number of hydrogen-bond donors (Lipinski definition) is 0. The summed E-state index contributed by atoms with van der Waals surface area (Å²) in [6.07, 6.45) is 0.902. The Morgan fingerprint density at radius 1 is 1.50 bits per heavy atom. The highest BCUT2D eigenvalue weighted by Crippen LogP contribution is 2.29. The number of halogens is 1. The van der Waals surface area contributed by atoms with Crippen LogP contribution >= 0.6 is 0 Å². The van der Waals surface area contributed by atoms with Crippen molar-refractivity contribution < 1.29 is 9.18 Å². The summed E-state index contributed by atoms with van der Waals surface area (Å²) >= 11 is 0. The van der Waals surface area contributed by atoms with Crippen molar-refractivity contribution in [2.24, 2.45) is 0 Å². The molecule has 16 heavy (non-hydrogen) atoms. The minimum Gasteiger partial charge on any atom is -0.337 e. The van der Waals surface area contributed by atoms with E-state index < -0.39 is 0 Å². The van der Waals surface area contributed by atoms with Crippen LogP contribution in [0.2, 0.25) is 0 Å². The van der Waals surface area contributed by atoms with Crippen molar-refractivity contribution in [3.8, 4) is 0 Å². The number of nitrogens with zero attached hydrogens (tertiary/aromatic N) is 1. The van der Waals surface area contributed by atoms with Gasteiger partial charge >= 0.3 is 0 Å². The van der Waals surface area contributed by atoms with Gasteiger partial charge in [0, 0.05) is 19.2 Å². The average Bonchev–Trinajstić information content (AvgIpc) is 2.53. The first-order chi connectivity index (χ1) is 7.54. The fourth-order valence-corrected chi connectivity index (χ4v) is 2.10. The predicted octanol–water partition coefficient (Wildman–Crippen LogP) is 2.92. The quantitative estimate of drug-likeness (QED) is 0.752. The summed E-state index contributed by atoms with van der Waals surface area (Å²) in [5, 5.41) is 0. The van der Waals surface area contributed by atoms with Crippen LogP contribution in [0.1, 0.15) is 47.7 Å². The van der Waals surface area contributed by atoms with Gasteiger partial charge in [-0.25, -0.2) is 4.39 Å². The summed E-state index contributed by atoms with van der Waals surface area (Å²) in [7, 11) is 1.74. The first kappa shape index (κ1) is 11.1. The molecule has 1 aliphatic rings. The van der Waals surface area contributed by atoms with Crippen LogP contribution in [-0.4, -0.2) is 17.9 Å². The van der Waals surface area contributed by atoms with Crippen molar-refractivity contribution in [2.45, 2.75) is 32.7 Å². The maximum Gasteiger partial charge on any atom is 0.254 e. The minimum atomic E-state index is -0.253. The molecule has 0 aliphatic carbocycles. The van der Waals surface area contributed by atoms with Gasteiger partial charge in [0.05, 0.1) is 0 Å². The molecule has 1 aromatic carbocycles. The molecule has 86 valence electrons. The Labute approximate surface area is 95.1 Å². The highest BCUT2D eigenvalue weighted by atomic mass is 19.1. The Morgan fingerprint density at radius 3 is 2.81 bits per heavy atom. The van der Waals surface area contributed by atoms with E-state index in [1.807, 2.05) is 19.9 Å². The standard InChI is InChI=1S/C13H16FNO/c1-4-8(2)10-5-9-7-15(3)13(16)11(9)6-12(10)14/h5-6,8H,4,7H2,1-3H3. The second kappa shape index (κ2) is 3.89. The first-order valence-corrected chi connectivity index (χ1v) is 5.62. The Kier molecular flexibility index (Phi) is 2.70. The monoisotopic (exact) mass is 221 g/mol. The lowest BCUT2D eigenvalue weighted by Crippen LogP contribution is -2.17. The summed E-state index contributed by atoms with van der Waals surface area (Å²) in [6, 6.07) is 3.24. The second-order valence-electron chi connectivity index (χ2n) is 4.50. The molecule has 2 nitrogen and oxygen atoms in total. The highest BCUT2D eigenvalue weighted by Gasteiger charge is 2.26. The highest BCUT2D eigenvalue weighted by molar-refractivity contribution is 5.98. The van der Waals surface area contributed by atoms with Crippen LogP contribution in [0.25, 0.3) is 0 Å². The van der Waals surface area contributed by atoms with Gasteiger partial charge in [-0.05, 0) is 29.5 Å². The summed E-state index contributed by atoms with van der Waals surface area (Å²) in [4.78, 5) is 13.3. The van der Waals surface area contributed by atoms with E-state index >= 15 is 0 Å². The van der Waals surface area contributed by atoms with Gasteiger partial charge < -0.3 is 4.90 Å². The Bertz CT molecular complexity index is 442. The van der Waals surface area contributed by atoms with Crippen molar-refractivity contribution in [3.63, 3.8) is 0 Å². The summed E-state index contributed by atoms with van der Waals surface area (Å²) in [6.45, 7) is 4.64. The van der Waals surface area contributed by atoms with Gasteiger partial charge in [0.2, 0.25) is 0 Å². The molecule has 0 bridgehead atoms. The Morgan fingerprint density at radius 2 is 2.19 bits per heavy atom. The van der Waals surface area contributed by atoms with Crippen LogP contribution in [0.3, 0.4) is 0 Å². The number of carbonyl (C=O) groups excluding carboxylic acids is 1. The maximum atomic E-state index is 13.8. The van der Waals surface area contributed by atoms with Crippen molar-refractivity contribution in [1.29, 1.82) is 0 Å². The number of fused-ring (bicyclic) bond motifs is 1. The van der Waals surface area contributed by atoms with Crippen LogP contribution in [0.5, 0.6) is 0 Å². The van der Waals surface area contributed by atoms with Crippen molar-refractivity contribution in [1.82, 2.24) is 4.90 Å². The third-order valence-corrected chi connectivity index (χ3v) is 3.35. The van der Waals surface area contributed by atoms with E-state index in [-0.39, 0.29) is 17.6 Å². The fraction of sp³-hybridized carbons (Fsp3) is 0.462. The lowest BCUT2D eigenvalue weighted by atomic mass is 9.94.